The number of alkyl halides is 3. The molecule has 0 radical (unpaired) electrons. The maximum atomic E-state index is 13.4. The van der Waals surface area contributed by atoms with Crippen LogP contribution in [0.1, 0.15) is 43.9 Å². The van der Waals surface area contributed by atoms with Gasteiger partial charge < -0.3 is 26.1 Å². The highest BCUT2D eigenvalue weighted by Crippen LogP contribution is 2.34. The van der Waals surface area contributed by atoms with Crippen molar-refractivity contribution >= 4 is 17.2 Å². The van der Waals surface area contributed by atoms with Crippen LogP contribution in [0.3, 0.4) is 0 Å². The van der Waals surface area contributed by atoms with E-state index in [2.05, 4.69) is 20.6 Å². The fraction of sp³-hybridized carbons (Fsp3) is 0.455. The van der Waals surface area contributed by atoms with Gasteiger partial charge in [0.25, 0.3) is 5.56 Å². The van der Waals surface area contributed by atoms with Crippen molar-refractivity contribution in [2.75, 3.05) is 18.5 Å². The standard InChI is InChI=1S/C22H28F3N5O2/c1-13(2)28-19(22(23,24)25)14-5-7-15(8-6-14)30-20(26)18-17(9-10-27-21(18)31)29-16-4-3-11-32-12-16/h5-10,13,16,19,28H,3-4,11-12H2,1-2H3,(H2,26,30)(H2,27,29,31). The molecule has 174 valence electrons. The Morgan fingerprint density at radius 1 is 1.25 bits per heavy atom. The number of nitrogens with zero attached hydrogens (tertiary/aromatic N) is 1. The zero-order valence-corrected chi connectivity index (χ0v) is 18.0. The molecule has 2 atom stereocenters. The molecular formula is C22H28F3N5O2. The van der Waals surface area contributed by atoms with Crippen LogP contribution in [0.4, 0.5) is 24.5 Å². The zero-order valence-electron chi connectivity index (χ0n) is 18.0. The normalized spacial score (nSPS) is 18.6. The molecule has 2 heterocycles. The van der Waals surface area contributed by atoms with E-state index in [4.69, 9.17) is 10.5 Å². The molecule has 1 saturated heterocycles. The van der Waals surface area contributed by atoms with E-state index in [1.54, 1.807) is 19.9 Å². The summed E-state index contributed by atoms with van der Waals surface area (Å²) in [5.41, 5.74) is 6.83. The minimum atomic E-state index is -4.44. The van der Waals surface area contributed by atoms with Gasteiger partial charge in [-0.15, -0.1) is 0 Å². The highest BCUT2D eigenvalue weighted by molar-refractivity contribution is 6.03. The Morgan fingerprint density at radius 2 is 1.97 bits per heavy atom. The van der Waals surface area contributed by atoms with E-state index in [0.717, 1.165) is 12.8 Å². The number of pyridine rings is 1. The average molecular weight is 451 g/mol. The molecule has 32 heavy (non-hydrogen) atoms. The Morgan fingerprint density at radius 3 is 2.56 bits per heavy atom. The maximum absolute atomic E-state index is 13.4. The molecule has 2 aromatic rings. The number of rotatable bonds is 7. The second-order valence-corrected chi connectivity index (χ2v) is 8.04. The van der Waals surface area contributed by atoms with Gasteiger partial charge >= 0.3 is 6.18 Å². The number of benzene rings is 1. The second-order valence-electron chi connectivity index (χ2n) is 8.04. The van der Waals surface area contributed by atoms with E-state index in [-0.39, 0.29) is 29.0 Å². The van der Waals surface area contributed by atoms with Crippen molar-refractivity contribution in [3.8, 4) is 0 Å². The van der Waals surface area contributed by atoms with E-state index < -0.39 is 17.8 Å². The van der Waals surface area contributed by atoms with Crippen molar-refractivity contribution in [2.24, 2.45) is 10.7 Å². The molecule has 1 aliphatic rings. The fourth-order valence-corrected chi connectivity index (χ4v) is 3.58. The first kappa shape index (κ1) is 23.8. The van der Waals surface area contributed by atoms with Gasteiger partial charge in [0.2, 0.25) is 0 Å². The second kappa shape index (κ2) is 10.2. The molecule has 0 spiro atoms. The average Bonchev–Trinajstić information content (AvgIpc) is 2.72. The quantitative estimate of drug-likeness (QED) is 0.380. The molecule has 1 aromatic carbocycles. The largest absolute Gasteiger partial charge is 0.407 e. The van der Waals surface area contributed by atoms with E-state index in [1.807, 2.05) is 0 Å². The molecule has 1 fully saturated rings. The summed E-state index contributed by atoms with van der Waals surface area (Å²) in [4.78, 5) is 19.3. The molecule has 2 unspecified atom stereocenters. The molecular weight excluding hydrogens is 423 g/mol. The number of anilines is 1. The molecule has 7 nitrogen and oxygen atoms in total. The van der Waals surface area contributed by atoms with Gasteiger partial charge in [-0.05, 0) is 36.6 Å². The van der Waals surface area contributed by atoms with Gasteiger partial charge in [0.1, 0.15) is 17.4 Å². The predicted octanol–water partition coefficient (Wildman–Crippen LogP) is 3.60. The summed E-state index contributed by atoms with van der Waals surface area (Å²) in [5.74, 6) is -0.0356. The third-order valence-electron chi connectivity index (χ3n) is 5.04. The smallest absolute Gasteiger partial charge is 0.383 e. The Hall–Kier alpha value is -2.85. The number of nitrogens with one attached hydrogen (secondary N) is 3. The SMILES string of the molecule is CC(C)NC(c1ccc(N=C(N)c2c(NC3CCCOC3)cc[nH]c2=O)cc1)C(F)(F)F. The number of ether oxygens (including phenoxy) is 1. The molecule has 1 aromatic heterocycles. The van der Waals surface area contributed by atoms with Crippen LogP contribution in [-0.4, -0.2) is 42.3 Å². The van der Waals surface area contributed by atoms with Crippen LogP contribution in [0.15, 0.2) is 46.3 Å². The number of nitrogens with two attached hydrogens (primary N) is 1. The zero-order chi connectivity index (χ0) is 23.3. The first-order valence-corrected chi connectivity index (χ1v) is 10.5. The van der Waals surface area contributed by atoms with Crippen LogP contribution in [-0.2, 0) is 4.74 Å². The first-order valence-electron chi connectivity index (χ1n) is 10.5. The van der Waals surface area contributed by atoms with Gasteiger partial charge in [0, 0.05) is 24.9 Å². The Kier molecular flexibility index (Phi) is 7.57. The predicted molar refractivity (Wildman–Crippen MR) is 118 cm³/mol. The van der Waals surface area contributed by atoms with Crippen LogP contribution in [0.2, 0.25) is 0 Å². The molecule has 0 amide bonds. The molecule has 1 aliphatic heterocycles. The lowest BCUT2D eigenvalue weighted by Crippen LogP contribution is -2.38. The van der Waals surface area contributed by atoms with Crippen LogP contribution >= 0.6 is 0 Å². The van der Waals surface area contributed by atoms with Gasteiger partial charge in [0.05, 0.1) is 18.0 Å². The number of aromatic nitrogens is 1. The Bertz CT molecular complexity index is 980. The van der Waals surface area contributed by atoms with Crippen molar-refractivity contribution < 1.29 is 17.9 Å². The van der Waals surface area contributed by atoms with Gasteiger partial charge in [-0.2, -0.15) is 13.2 Å². The molecule has 0 saturated carbocycles. The number of aromatic amines is 1. The Labute approximate surface area is 184 Å². The van der Waals surface area contributed by atoms with Crippen LogP contribution in [0, 0.1) is 0 Å². The van der Waals surface area contributed by atoms with Crippen molar-refractivity contribution in [1.29, 1.82) is 0 Å². The summed E-state index contributed by atoms with van der Waals surface area (Å²) in [6.45, 7) is 4.54. The number of halogens is 3. The molecule has 0 bridgehead atoms. The maximum Gasteiger partial charge on any atom is 0.407 e. The van der Waals surface area contributed by atoms with Crippen LogP contribution < -0.4 is 21.9 Å². The monoisotopic (exact) mass is 451 g/mol. The lowest BCUT2D eigenvalue weighted by molar-refractivity contribution is -0.159. The van der Waals surface area contributed by atoms with E-state index in [9.17, 15) is 18.0 Å². The summed E-state index contributed by atoms with van der Waals surface area (Å²) < 4.78 is 45.7. The van der Waals surface area contributed by atoms with Gasteiger partial charge in [0.15, 0.2) is 0 Å². The summed E-state index contributed by atoms with van der Waals surface area (Å²) >= 11 is 0. The van der Waals surface area contributed by atoms with Crippen LogP contribution in [0.25, 0.3) is 0 Å². The summed E-state index contributed by atoms with van der Waals surface area (Å²) in [6, 6.07) is 5.21. The number of aliphatic imine (C=N–C) groups is 1. The van der Waals surface area contributed by atoms with Crippen molar-refractivity contribution in [1.82, 2.24) is 10.3 Å². The van der Waals surface area contributed by atoms with Gasteiger partial charge in [-0.1, -0.05) is 26.0 Å². The highest BCUT2D eigenvalue weighted by Gasteiger charge is 2.40. The van der Waals surface area contributed by atoms with Crippen molar-refractivity contribution in [3.63, 3.8) is 0 Å². The number of H-pyrrole nitrogens is 1. The number of hydrogen-bond donors (Lipinski definition) is 4. The number of amidine groups is 1. The van der Waals surface area contributed by atoms with E-state index >= 15 is 0 Å². The third-order valence-corrected chi connectivity index (χ3v) is 5.04. The summed E-state index contributed by atoms with van der Waals surface area (Å²) in [6.07, 6.45) is -1.11. The molecule has 10 heteroatoms. The first-order chi connectivity index (χ1) is 15.1. The lowest BCUT2D eigenvalue weighted by Gasteiger charge is -2.25. The minimum absolute atomic E-state index is 0.0356. The Balaban J connectivity index is 1.85. The van der Waals surface area contributed by atoms with Gasteiger partial charge in [-0.3, -0.25) is 4.79 Å². The van der Waals surface area contributed by atoms with Crippen molar-refractivity contribution in [3.05, 3.63) is 58.0 Å². The molecule has 5 N–H and O–H groups in total. The van der Waals surface area contributed by atoms with Crippen molar-refractivity contribution in [2.45, 2.75) is 51.0 Å². The van der Waals surface area contributed by atoms with E-state index in [1.165, 1.54) is 30.5 Å². The molecule has 0 aliphatic carbocycles. The summed E-state index contributed by atoms with van der Waals surface area (Å²) in [7, 11) is 0. The number of hydrogen-bond acceptors (Lipinski definition) is 5. The lowest BCUT2D eigenvalue weighted by atomic mass is 10.1. The fourth-order valence-electron chi connectivity index (χ4n) is 3.58. The minimum Gasteiger partial charge on any atom is -0.383 e. The van der Waals surface area contributed by atoms with Gasteiger partial charge in [-0.25, -0.2) is 4.99 Å². The summed E-state index contributed by atoms with van der Waals surface area (Å²) in [5, 5.41) is 5.80. The third kappa shape index (κ3) is 6.10. The topological polar surface area (TPSA) is 105 Å². The highest BCUT2D eigenvalue weighted by atomic mass is 19.4. The molecule has 3 rings (SSSR count). The van der Waals surface area contributed by atoms with Crippen LogP contribution in [0.5, 0.6) is 0 Å². The van der Waals surface area contributed by atoms with E-state index in [0.29, 0.717) is 24.6 Å².